The lowest BCUT2D eigenvalue weighted by Crippen LogP contribution is -2.62. The maximum atomic E-state index is 13.4. The number of rotatable bonds is 5. The number of ether oxygens (including phenoxy) is 2. The van der Waals surface area contributed by atoms with Crippen LogP contribution in [0.2, 0.25) is 0 Å². The van der Waals surface area contributed by atoms with Crippen LogP contribution in [-0.4, -0.2) is 77.1 Å². The zero-order chi connectivity index (χ0) is 23.9. The zero-order valence-electron chi connectivity index (χ0n) is 18.5. The second-order valence-electron chi connectivity index (χ2n) is 9.04. The molecule has 2 saturated heterocycles. The summed E-state index contributed by atoms with van der Waals surface area (Å²) in [6.07, 6.45) is -1.57. The molecule has 2 aliphatic heterocycles. The van der Waals surface area contributed by atoms with Crippen molar-refractivity contribution in [1.82, 2.24) is 10.2 Å². The Morgan fingerprint density at radius 2 is 1.74 bits per heavy atom. The molecule has 3 atom stereocenters. The van der Waals surface area contributed by atoms with Crippen LogP contribution in [0.4, 0.5) is 4.79 Å². The number of nitrogens with zero attached hydrogens (tertiary/aromatic N) is 1. The highest BCUT2D eigenvalue weighted by Gasteiger charge is 2.51. The van der Waals surface area contributed by atoms with E-state index in [4.69, 9.17) is 9.47 Å². The van der Waals surface area contributed by atoms with Gasteiger partial charge in [0.25, 0.3) is 5.91 Å². The van der Waals surface area contributed by atoms with Gasteiger partial charge in [-0.05, 0) is 22.3 Å². The number of aliphatic carboxylic acids is 1. The molecule has 0 radical (unpaired) electrons. The van der Waals surface area contributed by atoms with Crippen molar-refractivity contribution in [3.8, 4) is 11.1 Å². The number of β-amino-alcohol motifs (C(OH)–C–C–N with tert-alkyl or cyclic N) is 1. The standard InChI is InChI=1S/C25H26N2O7/c28-15-11-21(22(29)30)27(12-15)23(31)25(9-10-33-14-25)26-24(32)34-13-20-18-7-3-1-5-16(18)17-6-2-4-8-19(17)20/h1-8,15,20-21,28H,9-14H2,(H,26,32)(H,29,30)/t15-,21+,25?/m1/s1. The van der Waals surface area contributed by atoms with Crippen molar-refractivity contribution in [3.63, 3.8) is 0 Å². The summed E-state index contributed by atoms with van der Waals surface area (Å²) in [5.74, 6) is -1.91. The highest BCUT2D eigenvalue weighted by atomic mass is 16.6. The molecule has 5 rings (SSSR count). The van der Waals surface area contributed by atoms with Gasteiger partial charge < -0.3 is 29.9 Å². The van der Waals surface area contributed by atoms with Crippen molar-refractivity contribution in [2.75, 3.05) is 26.4 Å². The average molecular weight is 466 g/mol. The normalized spacial score (nSPS) is 25.6. The van der Waals surface area contributed by atoms with Gasteiger partial charge in [-0.25, -0.2) is 9.59 Å². The summed E-state index contributed by atoms with van der Waals surface area (Å²) < 4.78 is 11.0. The molecule has 2 aromatic rings. The largest absolute Gasteiger partial charge is 0.480 e. The Balaban J connectivity index is 1.31. The van der Waals surface area contributed by atoms with E-state index in [1.165, 1.54) is 0 Å². The lowest BCUT2D eigenvalue weighted by molar-refractivity contribution is -0.151. The van der Waals surface area contributed by atoms with Gasteiger partial charge in [-0.1, -0.05) is 48.5 Å². The first-order valence-corrected chi connectivity index (χ1v) is 11.3. The van der Waals surface area contributed by atoms with Gasteiger partial charge in [-0.15, -0.1) is 0 Å². The number of carbonyl (C=O) groups is 3. The Morgan fingerprint density at radius 3 is 2.32 bits per heavy atom. The minimum Gasteiger partial charge on any atom is -0.480 e. The van der Waals surface area contributed by atoms with E-state index in [2.05, 4.69) is 5.32 Å². The number of carboxylic acid groups (broad SMARTS) is 1. The first kappa shape index (κ1) is 22.4. The number of aliphatic hydroxyl groups is 1. The lowest BCUT2D eigenvalue weighted by Gasteiger charge is -2.33. The minimum absolute atomic E-state index is 0.0526. The molecule has 9 nitrogen and oxygen atoms in total. The van der Waals surface area contributed by atoms with Crippen LogP contribution >= 0.6 is 0 Å². The molecular weight excluding hydrogens is 440 g/mol. The molecule has 1 aliphatic carbocycles. The Kier molecular flexibility index (Phi) is 5.75. The smallest absolute Gasteiger partial charge is 0.408 e. The van der Waals surface area contributed by atoms with Crippen LogP contribution in [-0.2, 0) is 19.1 Å². The van der Waals surface area contributed by atoms with Crippen LogP contribution in [0.25, 0.3) is 11.1 Å². The Morgan fingerprint density at radius 1 is 1.09 bits per heavy atom. The third kappa shape index (κ3) is 3.80. The highest BCUT2D eigenvalue weighted by Crippen LogP contribution is 2.44. The summed E-state index contributed by atoms with van der Waals surface area (Å²) >= 11 is 0. The summed E-state index contributed by atoms with van der Waals surface area (Å²) in [7, 11) is 0. The number of hydrogen-bond donors (Lipinski definition) is 3. The van der Waals surface area contributed by atoms with Crippen molar-refractivity contribution >= 4 is 18.0 Å². The second kappa shape index (κ2) is 8.73. The fourth-order valence-corrected chi connectivity index (χ4v) is 5.26. The number of carbonyl (C=O) groups excluding carboxylic acids is 2. The maximum Gasteiger partial charge on any atom is 0.408 e. The van der Waals surface area contributed by atoms with Crippen LogP contribution in [0.5, 0.6) is 0 Å². The van der Waals surface area contributed by atoms with E-state index in [1.807, 2.05) is 48.5 Å². The summed E-state index contributed by atoms with van der Waals surface area (Å²) in [6, 6.07) is 14.8. The predicted molar refractivity (Wildman–Crippen MR) is 120 cm³/mol. The number of alkyl carbamates (subject to hydrolysis) is 1. The number of amides is 2. The molecule has 0 spiro atoms. The second-order valence-corrected chi connectivity index (χ2v) is 9.04. The zero-order valence-corrected chi connectivity index (χ0v) is 18.5. The number of benzene rings is 2. The number of fused-ring (bicyclic) bond motifs is 3. The molecule has 2 fully saturated rings. The van der Waals surface area contributed by atoms with Gasteiger partial charge in [0.1, 0.15) is 18.2 Å². The van der Waals surface area contributed by atoms with E-state index in [-0.39, 0.29) is 45.1 Å². The van der Waals surface area contributed by atoms with E-state index in [9.17, 15) is 24.6 Å². The Hall–Kier alpha value is -3.43. The van der Waals surface area contributed by atoms with Gasteiger partial charge >= 0.3 is 12.1 Å². The Labute approximate surface area is 196 Å². The van der Waals surface area contributed by atoms with Crippen LogP contribution in [0.1, 0.15) is 29.9 Å². The molecule has 3 N–H and O–H groups in total. The highest BCUT2D eigenvalue weighted by molar-refractivity contribution is 5.93. The average Bonchev–Trinajstić information content (AvgIpc) is 3.54. The summed E-state index contributed by atoms with van der Waals surface area (Å²) in [4.78, 5) is 38.9. The van der Waals surface area contributed by atoms with Crippen LogP contribution in [0.3, 0.4) is 0 Å². The van der Waals surface area contributed by atoms with Gasteiger partial charge in [-0.2, -0.15) is 0 Å². The number of aliphatic hydroxyl groups excluding tert-OH is 1. The summed E-state index contributed by atoms with van der Waals surface area (Å²) in [5.41, 5.74) is 2.93. The number of nitrogens with one attached hydrogen (secondary N) is 1. The lowest BCUT2D eigenvalue weighted by atomic mass is 9.96. The quantitative estimate of drug-likeness (QED) is 0.613. The molecule has 34 heavy (non-hydrogen) atoms. The van der Waals surface area contributed by atoms with Crippen molar-refractivity contribution in [2.45, 2.75) is 36.4 Å². The van der Waals surface area contributed by atoms with Gasteiger partial charge in [-0.3, -0.25) is 4.79 Å². The van der Waals surface area contributed by atoms with Crippen molar-refractivity contribution in [2.24, 2.45) is 0 Å². The minimum atomic E-state index is -1.43. The Bertz CT molecular complexity index is 1080. The third-order valence-corrected chi connectivity index (χ3v) is 6.94. The maximum absolute atomic E-state index is 13.4. The monoisotopic (exact) mass is 466 g/mol. The SMILES string of the molecule is O=C(NC1(C(=O)N2C[C@H](O)C[C@H]2C(=O)O)CCOC1)OCC1c2ccccc2-c2ccccc21. The molecule has 2 aromatic carbocycles. The first-order valence-electron chi connectivity index (χ1n) is 11.3. The van der Waals surface area contributed by atoms with Crippen molar-refractivity contribution in [3.05, 3.63) is 59.7 Å². The van der Waals surface area contributed by atoms with E-state index < -0.39 is 35.7 Å². The molecule has 2 heterocycles. The van der Waals surface area contributed by atoms with Crippen LogP contribution < -0.4 is 5.32 Å². The molecular formula is C25H26N2O7. The molecule has 9 heteroatoms. The fraction of sp³-hybridized carbons (Fsp3) is 0.400. The van der Waals surface area contributed by atoms with Crippen LogP contribution in [0.15, 0.2) is 48.5 Å². The molecule has 1 unspecified atom stereocenters. The van der Waals surface area contributed by atoms with E-state index in [0.29, 0.717) is 0 Å². The van der Waals surface area contributed by atoms with E-state index in [1.54, 1.807) is 0 Å². The number of carboxylic acids is 1. The molecule has 0 aromatic heterocycles. The van der Waals surface area contributed by atoms with Gasteiger partial charge in [0.2, 0.25) is 0 Å². The summed E-state index contributed by atoms with van der Waals surface area (Å²) in [6.45, 7) is 0.133. The predicted octanol–water partition coefficient (Wildman–Crippen LogP) is 1.73. The molecule has 3 aliphatic rings. The molecule has 0 bridgehead atoms. The van der Waals surface area contributed by atoms with Crippen molar-refractivity contribution in [1.29, 1.82) is 0 Å². The van der Waals surface area contributed by atoms with Gasteiger partial charge in [0.05, 0.1) is 12.7 Å². The molecule has 2 amide bonds. The molecule has 0 saturated carbocycles. The van der Waals surface area contributed by atoms with Gasteiger partial charge in [0.15, 0.2) is 0 Å². The van der Waals surface area contributed by atoms with Crippen LogP contribution in [0, 0.1) is 0 Å². The summed E-state index contributed by atoms with van der Waals surface area (Å²) in [5, 5.41) is 22.1. The first-order chi connectivity index (χ1) is 16.4. The third-order valence-electron chi connectivity index (χ3n) is 6.94. The van der Waals surface area contributed by atoms with Gasteiger partial charge in [0, 0.05) is 31.9 Å². The van der Waals surface area contributed by atoms with E-state index in [0.717, 1.165) is 27.2 Å². The van der Waals surface area contributed by atoms with Crippen molar-refractivity contribution < 1.29 is 34.1 Å². The molecule has 178 valence electrons. The van der Waals surface area contributed by atoms with E-state index >= 15 is 0 Å². The number of hydrogen-bond acceptors (Lipinski definition) is 6. The fourth-order valence-electron chi connectivity index (χ4n) is 5.26. The topological polar surface area (TPSA) is 125 Å². The number of likely N-dealkylation sites (tertiary alicyclic amines) is 1.